The summed E-state index contributed by atoms with van der Waals surface area (Å²) in [6.07, 6.45) is 6.62. The Hall–Kier alpha value is -1.99. The van der Waals surface area contributed by atoms with Crippen LogP contribution >= 0.6 is 7.60 Å². The normalized spacial score (nSPS) is 17.9. The van der Waals surface area contributed by atoms with Crippen molar-refractivity contribution in [1.29, 1.82) is 0 Å². The highest BCUT2D eigenvalue weighted by Gasteiger charge is 2.38. The SMILES string of the molecule is O=P(Oc1ccccc1)(Oc1ccccc1)C1CC=CCC1. The number of benzene rings is 2. The lowest BCUT2D eigenvalue weighted by Gasteiger charge is -2.28. The molecule has 1 aliphatic carbocycles. The molecule has 0 N–H and O–H groups in total. The molecule has 1 atom stereocenters. The predicted octanol–water partition coefficient (Wildman–Crippen LogP) is 5.45. The maximum absolute atomic E-state index is 13.4. The molecular weight excluding hydrogens is 295 g/mol. The first-order chi connectivity index (χ1) is 10.8. The van der Waals surface area contributed by atoms with Crippen LogP contribution in [0, 0.1) is 0 Å². The van der Waals surface area contributed by atoms with Crippen LogP contribution in [-0.2, 0) is 4.57 Å². The van der Waals surface area contributed by atoms with Crippen molar-refractivity contribution in [3.8, 4) is 11.5 Å². The third kappa shape index (κ3) is 3.61. The second-order valence-electron chi connectivity index (χ2n) is 5.29. The molecule has 0 spiro atoms. The molecule has 0 saturated carbocycles. The fourth-order valence-electron chi connectivity index (χ4n) is 2.49. The Bertz CT molecular complexity index is 622. The molecule has 0 amide bonds. The van der Waals surface area contributed by atoms with E-state index < -0.39 is 7.60 Å². The summed E-state index contributed by atoms with van der Waals surface area (Å²) in [4.78, 5) is 0. The molecule has 0 saturated heterocycles. The summed E-state index contributed by atoms with van der Waals surface area (Å²) in [6, 6.07) is 18.5. The van der Waals surface area contributed by atoms with Gasteiger partial charge in [0.05, 0.1) is 5.66 Å². The lowest BCUT2D eigenvalue weighted by molar-refractivity contribution is 0.366. The number of hydrogen-bond acceptors (Lipinski definition) is 3. The zero-order chi connectivity index (χ0) is 15.3. The van der Waals surface area contributed by atoms with Gasteiger partial charge in [-0.25, -0.2) is 4.57 Å². The summed E-state index contributed by atoms with van der Waals surface area (Å²) in [5.41, 5.74) is -0.113. The minimum Gasteiger partial charge on any atom is -0.416 e. The van der Waals surface area contributed by atoms with Crippen molar-refractivity contribution in [3.05, 3.63) is 72.8 Å². The summed E-state index contributed by atoms with van der Waals surface area (Å²) in [5.74, 6) is 1.16. The third-order valence-corrected chi connectivity index (χ3v) is 5.93. The zero-order valence-corrected chi connectivity index (χ0v) is 13.2. The lowest BCUT2D eigenvalue weighted by atomic mass is 10.1. The number of rotatable bonds is 5. The van der Waals surface area contributed by atoms with Crippen LogP contribution in [0.2, 0.25) is 0 Å². The zero-order valence-electron chi connectivity index (χ0n) is 12.3. The predicted molar refractivity (Wildman–Crippen MR) is 88.5 cm³/mol. The minimum absolute atomic E-state index is 0.113. The van der Waals surface area contributed by atoms with Crippen LogP contribution in [0.1, 0.15) is 19.3 Å². The van der Waals surface area contributed by atoms with Gasteiger partial charge in [-0.05, 0) is 43.5 Å². The summed E-state index contributed by atoms with van der Waals surface area (Å²) in [7, 11) is -3.29. The lowest BCUT2D eigenvalue weighted by Crippen LogP contribution is -2.18. The molecule has 0 heterocycles. The van der Waals surface area contributed by atoms with Crippen LogP contribution < -0.4 is 9.05 Å². The topological polar surface area (TPSA) is 35.5 Å². The van der Waals surface area contributed by atoms with Crippen molar-refractivity contribution < 1.29 is 13.6 Å². The van der Waals surface area contributed by atoms with Gasteiger partial charge in [0.1, 0.15) is 11.5 Å². The van der Waals surface area contributed by atoms with Gasteiger partial charge in [0.25, 0.3) is 0 Å². The second-order valence-corrected chi connectivity index (χ2v) is 7.46. The molecule has 3 rings (SSSR count). The van der Waals surface area contributed by atoms with E-state index in [0.717, 1.165) is 19.3 Å². The minimum atomic E-state index is -3.29. The highest BCUT2D eigenvalue weighted by atomic mass is 31.2. The van der Waals surface area contributed by atoms with Crippen LogP contribution in [0.25, 0.3) is 0 Å². The molecule has 0 bridgehead atoms. The molecule has 0 aromatic heterocycles. The van der Waals surface area contributed by atoms with Crippen molar-refractivity contribution >= 4 is 7.60 Å². The van der Waals surface area contributed by atoms with E-state index in [1.165, 1.54) is 0 Å². The fourth-order valence-corrected chi connectivity index (χ4v) is 4.50. The highest BCUT2D eigenvalue weighted by molar-refractivity contribution is 7.55. The Balaban J connectivity index is 1.87. The molecule has 0 aliphatic heterocycles. The first-order valence-electron chi connectivity index (χ1n) is 7.50. The highest BCUT2D eigenvalue weighted by Crippen LogP contribution is 2.56. The summed E-state index contributed by atoms with van der Waals surface area (Å²) in [5, 5.41) is 0. The average molecular weight is 314 g/mol. The van der Waals surface area contributed by atoms with Gasteiger partial charge in [0, 0.05) is 0 Å². The average Bonchev–Trinajstić information content (AvgIpc) is 2.57. The van der Waals surface area contributed by atoms with Crippen molar-refractivity contribution in [2.75, 3.05) is 0 Å². The molecule has 4 heteroatoms. The molecule has 0 fully saturated rings. The third-order valence-electron chi connectivity index (χ3n) is 3.64. The van der Waals surface area contributed by atoms with Gasteiger partial charge in [-0.2, -0.15) is 0 Å². The molecule has 22 heavy (non-hydrogen) atoms. The van der Waals surface area contributed by atoms with Crippen LogP contribution in [0.5, 0.6) is 11.5 Å². The first kappa shape index (κ1) is 14.9. The quantitative estimate of drug-likeness (QED) is 0.544. The van der Waals surface area contributed by atoms with E-state index in [1.54, 1.807) is 24.3 Å². The standard InChI is InChI=1S/C18H19O3P/c19-22(18-14-8-3-9-15-18,20-16-10-4-1-5-11-16)21-17-12-6-2-7-13-17/h1-8,10-13,18H,9,14-15H2. The fraction of sp³-hybridized carbons (Fsp3) is 0.222. The maximum Gasteiger partial charge on any atom is 0.434 e. The maximum atomic E-state index is 13.4. The summed E-state index contributed by atoms with van der Waals surface area (Å²) in [6.45, 7) is 0. The molecule has 2 aromatic rings. The summed E-state index contributed by atoms with van der Waals surface area (Å²) >= 11 is 0. The van der Waals surface area contributed by atoms with Gasteiger partial charge in [-0.1, -0.05) is 48.6 Å². The van der Waals surface area contributed by atoms with Crippen molar-refractivity contribution in [3.63, 3.8) is 0 Å². The van der Waals surface area contributed by atoms with Crippen molar-refractivity contribution in [2.45, 2.75) is 24.9 Å². The largest absolute Gasteiger partial charge is 0.434 e. The van der Waals surface area contributed by atoms with Crippen LogP contribution in [0.4, 0.5) is 0 Å². The monoisotopic (exact) mass is 314 g/mol. The molecule has 1 unspecified atom stereocenters. The van der Waals surface area contributed by atoms with Crippen LogP contribution in [-0.4, -0.2) is 5.66 Å². The molecule has 0 radical (unpaired) electrons. The van der Waals surface area contributed by atoms with Gasteiger partial charge >= 0.3 is 7.60 Å². The second kappa shape index (κ2) is 6.85. The van der Waals surface area contributed by atoms with Gasteiger partial charge in [0.15, 0.2) is 0 Å². The van der Waals surface area contributed by atoms with E-state index in [-0.39, 0.29) is 5.66 Å². The van der Waals surface area contributed by atoms with Crippen molar-refractivity contribution in [1.82, 2.24) is 0 Å². The molecule has 1 aliphatic rings. The Morgan fingerprint density at radius 2 is 1.36 bits per heavy atom. The van der Waals surface area contributed by atoms with E-state index in [4.69, 9.17) is 9.05 Å². The van der Waals surface area contributed by atoms with E-state index >= 15 is 0 Å². The number of hydrogen-bond donors (Lipinski definition) is 0. The van der Waals surface area contributed by atoms with Crippen molar-refractivity contribution in [2.24, 2.45) is 0 Å². The Morgan fingerprint density at radius 1 is 0.818 bits per heavy atom. The first-order valence-corrected chi connectivity index (χ1v) is 9.11. The number of para-hydroxylation sites is 2. The molecule has 3 nitrogen and oxygen atoms in total. The van der Waals surface area contributed by atoms with Gasteiger partial charge in [-0.15, -0.1) is 0 Å². The number of allylic oxidation sites excluding steroid dienone is 2. The Morgan fingerprint density at radius 3 is 1.82 bits per heavy atom. The smallest absolute Gasteiger partial charge is 0.416 e. The summed E-state index contributed by atoms with van der Waals surface area (Å²) < 4.78 is 25.1. The molecule has 2 aromatic carbocycles. The van der Waals surface area contributed by atoms with Crippen LogP contribution in [0.3, 0.4) is 0 Å². The van der Waals surface area contributed by atoms with E-state index in [9.17, 15) is 4.57 Å². The van der Waals surface area contributed by atoms with E-state index in [1.807, 2.05) is 36.4 Å². The Labute approximate surface area is 131 Å². The molecule has 114 valence electrons. The van der Waals surface area contributed by atoms with E-state index in [2.05, 4.69) is 12.2 Å². The van der Waals surface area contributed by atoms with Gasteiger partial charge in [0.2, 0.25) is 0 Å². The van der Waals surface area contributed by atoms with Gasteiger partial charge in [-0.3, -0.25) is 0 Å². The molecular formula is C18H19O3P. The van der Waals surface area contributed by atoms with Gasteiger partial charge < -0.3 is 9.05 Å². The van der Waals surface area contributed by atoms with Crippen LogP contribution in [0.15, 0.2) is 72.8 Å². The van der Waals surface area contributed by atoms with E-state index in [0.29, 0.717) is 11.5 Å². The Kier molecular flexibility index (Phi) is 4.65.